The number of methoxy groups -OCH3 is 2. The number of likely N-dealkylation sites (N-methyl/N-ethyl adjacent to an activating group) is 1. The Morgan fingerprint density at radius 2 is 1.62 bits per heavy atom. The van der Waals surface area contributed by atoms with Gasteiger partial charge in [-0.3, -0.25) is 0 Å². The van der Waals surface area contributed by atoms with E-state index >= 15 is 4.39 Å². The smallest absolute Gasteiger partial charge is 0.418 e. The molecule has 14 heteroatoms. The monoisotopic (exact) mass is 706 g/mol. The third kappa shape index (κ3) is 6.50. The van der Waals surface area contributed by atoms with Crippen molar-refractivity contribution in [2.24, 2.45) is 0 Å². The van der Waals surface area contributed by atoms with Crippen LogP contribution in [0.25, 0.3) is 22.2 Å². The van der Waals surface area contributed by atoms with Gasteiger partial charge < -0.3 is 24.0 Å². The lowest BCUT2D eigenvalue weighted by atomic mass is 9.98. The van der Waals surface area contributed by atoms with E-state index in [0.717, 1.165) is 17.5 Å². The molecule has 1 unspecified atom stereocenters. The van der Waals surface area contributed by atoms with Crippen molar-refractivity contribution in [2.45, 2.75) is 38.7 Å². The topological polar surface area (TPSA) is 96.6 Å². The number of hydrogen-bond acceptors (Lipinski definition) is 9. The maximum Gasteiger partial charge on any atom is 0.418 e. The molecule has 3 heterocycles. The number of alkyl halides is 3. The van der Waals surface area contributed by atoms with Gasteiger partial charge in [0.15, 0.2) is 11.6 Å². The van der Waals surface area contributed by atoms with E-state index in [1.807, 2.05) is 24.3 Å². The van der Waals surface area contributed by atoms with Gasteiger partial charge >= 0.3 is 6.18 Å². The van der Waals surface area contributed by atoms with Gasteiger partial charge in [0.1, 0.15) is 41.6 Å². The maximum absolute atomic E-state index is 16.8. The van der Waals surface area contributed by atoms with Crippen LogP contribution in [-0.2, 0) is 19.3 Å². The van der Waals surface area contributed by atoms with Crippen LogP contribution in [0.15, 0.2) is 60.9 Å². The molecule has 6 rings (SSSR count). The molecule has 1 aliphatic heterocycles. The van der Waals surface area contributed by atoms with Crippen LogP contribution in [0.4, 0.5) is 29.2 Å². The van der Waals surface area contributed by atoms with E-state index in [0.29, 0.717) is 11.5 Å². The molecular formula is C36H31ClF4N6O3. The number of aryl methyl sites for hydroxylation is 1. The molecule has 1 aliphatic rings. The molecule has 3 aromatic carbocycles. The predicted octanol–water partition coefficient (Wildman–Crippen LogP) is 8.15. The molecule has 0 radical (unpaired) electrons. The normalized spacial score (nSPS) is 14.2. The lowest BCUT2D eigenvalue weighted by molar-refractivity contribution is -0.137. The highest BCUT2D eigenvalue weighted by Gasteiger charge is 2.40. The molecule has 0 N–H and O–H groups in total. The van der Waals surface area contributed by atoms with E-state index in [1.165, 1.54) is 13.0 Å². The van der Waals surface area contributed by atoms with Gasteiger partial charge in [-0.25, -0.2) is 19.3 Å². The van der Waals surface area contributed by atoms with Crippen molar-refractivity contribution in [3.63, 3.8) is 0 Å². The summed E-state index contributed by atoms with van der Waals surface area (Å²) in [6.07, 6.45) is -3.78. The second kappa shape index (κ2) is 13.9. The third-order valence-corrected chi connectivity index (χ3v) is 9.00. The van der Waals surface area contributed by atoms with E-state index in [-0.39, 0.29) is 60.0 Å². The van der Waals surface area contributed by atoms with E-state index in [4.69, 9.17) is 25.8 Å². The standard InChI is InChI=1S/C36H31ClF4N6O3/c1-20-15-26(47(16-21-5-9-24(48-3)10-6-21)17-22-7-11-25(49-4)12-8-22)45-32(29(20)36(39,40)41)27-30(37)34-28-33(31(27)38)43-19-44-35(28)46(2)23(13-14-42)18-50-34/h5-12,15,19,23H,13,16-18H2,1-4H3. The van der Waals surface area contributed by atoms with Gasteiger partial charge in [-0.1, -0.05) is 35.9 Å². The number of pyridine rings is 1. The summed E-state index contributed by atoms with van der Waals surface area (Å²) in [6.45, 7) is 1.71. The van der Waals surface area contributed by atoms with Crippen LogP contribution in [0.1, 0.15) is 28.7 Å². The summed E-state index contributed by atoms with van der Waals surface area (Å²) in [4.78, 5) is 16.4. The van der Waals surface area contributed by atoms with E-state index < -0.39 is 39.9 Å². The average molecular weight is 707 g/mol. The number of hydrogen-bond donors (Lipinski definition) is 0. The molecule has 0 fully saturated rings. The minimum atomic E-state index is -4.93. The SMILES string of the molecule is COc1ccc(CN(Cc2ccc(OC)cc2)c2cc(C)c(C(F)(F)F)c(-c3c(Cl)c4c5c(ncnc5c3F)N(C)C(CC#N)CO4)n2)cc1. The first-order valence-corrected chi connectivity index (χ1v) is 15.8. The highest BCUT2D eigenvalue weighted by molar-refractivity contribution is 6.36. The van der Waals surface area contributed by atoms with Gasteiger partial charge in [-0.15, -0.1) is 0 Å². The zero-order valence-corrected chi connectivity index (χ0v) is 28.2. The summed E-state index contributed by atoms with van der Waals surface area (Å²) < 4.78 is 78.1. The van der Waals surface area contributed by atoms with Crippen LogP contribution >= 0.6 is 11.6 Å². The van der Waals surface area contributed by atoms with Crippen LogP contribution in [0.2, 0.25) is 5.02 Å². The first kappa shape index (κ1) is 34.5. The van der Waals surface area contributed by atoms with Crippen LogP contribution in [0.5, 0.6) is 17.2 Å². The van der Waals surface area contributed by atoms with Crippen LogP contribution in [0, 0.1) is 24.1 Å². The summed E-state index contributed by atoms with van der Waals surface area (Å²) in [5.41, 5.74) is -1.30. The average Bonchev–Trinajstić information content (AvgIpc) is 3.23. The number of nitriles is 1. The highest BCUT2D eigenvalue weighted by atomic mass is 35.5. The Kier molecular flexibility index (Phi) is 9.58. The van der Waals surface area contributed by atoms with Crippen molar-refractivity contribution in [3.05, 3.63) is 94.0 Å². The number of aromatic nitrogens is 3. The van der Waals surface area contributed by atoms with Gasteiger partial charge in [-0.2, -0.15) is 18.4 Å². The van der Waals surface area contributed by atoms with E-state index in [1.54, 1.807) is 55.3 Å². The Balaban J connectivity index is 1.57. The summed E-state index contributed by atoms with van der Waals surface area (Å²) in [5.74, 6) is 0.459. The Morgan fingerprint density at radius 3 is 2.16 bits per heavy atom. The van der Waals surface area contributed by atoms with Crippen molar-refractivity contribution in [3.8, 4) is 34.6 Å². The molecule has 0 spiro atoms. The summed E-state index contributed by atoms with van der Waals surface area (Å²) in [6, 6.07) is 17.4. The third-order valence-electron chi connectivity index (χ3n) is 8.64. The Morgan fingerprint density at radius 1 is 1.02 bits per heavy atom. The molecule has 5 aromatic rings. The molecule has 2 aromatic heterocycles. The molecule has 1 atom stereocenters. The quantitative estimate of drug-likeness (QED) is 0.141. The maximum atomic E-state index is 16.8. The van der Waals surface area contributed by atoms with Crippen LogP contribution in [0.3, 0.4) is 0 Å². The fourth-order valence-electron chi connectivity index (χ4n) is 6.04. The summed E-state index contributed by atoms with van der Waals surface area (Å²) in [5, 5.41) is 9.06. The van der Waals surface area contributed by atoms with Gasteiger partial charge in [0.2, 0.25) is 0 Å². The Labute approximate surface area is 290 Å². The van der Waals surface area contributed by atoms with Gasteiger partial charge in [0.25, 0.3) is 0 Å². The van der Waals surface area contributed by atoms with Crippen LogP contribution in [-0.4, -0.2) is 48.9 Å². The van der Waals surface area contributed by atoms with Crippen molar-refractivity contribution < 1.29 is 31.8 Å². The minimum Gasteiger partial charge on any atom is -0.497 e. The first-order valence-electron chi connectivity index (χ1n) is 15.4. The zero-order chi connectivity index (χ0) is 35.7. The predicted molar refractivity (Wildman–Crippen MR) is 181 cm³/mol. The second-order valence-electron chi connectivity index (χ2n) is 11.8. The number of anilines is 2. The molecule has 9 nitrogen and oxygen atoms in total. The highest BCUT2D eigenvalue weighted by Crippen LogP contribution is 2.50. The minimum absolute atomic E-state index is 0.0438. The molecular weight excluding hydrogens is 676 g/mol. The van der Waals surface area contributed by atoms with E-state index in [9.17, 15) is 18.4 Å². The Hall–Kier alpha value is -5.35. The van der Waals surface area contributed by atoms with Crippen molar-refractivity contribution in [2.75, 3.05) is 37.7 Å². The van der Waals surface area contributed by atoms with Crippen molar-refractivity contribution >= 4 is 34.1 Å². The Bertz CT molecular complexity index is 2040. The number of ether oxygens (including phenoxy) is 3. The number of rotatable bonds is 9. The summed E-state index contributed by atoms with van der Waals surface area (Å²) in [7, 11) is 4.77. The molecule has 0 aliphatic carbocycles. The zero-order valence-electron chi connectivity index (χ0n) is 27.5. The lowest BCUT2D eigenvalue weighted by Crippen LogP contribution is -2.35. The molecule has 0 saturated heterocycles. The number of benzene rings is 3. The first-order chi connectivity index (χ1) is 23.9. The van der Waals surface area contributed by atoms with Crippen molar-refractivity contribution in [1.82, 2.24) is 15.0 Å². The van der Waals surface area contributed by atoms with Gasteiger partial charge in [0, 0.05) is 20.1 Å². The molecule has 50 heavy (non-hydrogen) atoms. The molecule has 258 valence electrons. The largest absolute Gasteiger partial charge is 0.497 e. The van der Waals surface area contributed by atoms with Gasteiger partial charge in [-0.05, 0) is 53.9 Å². The fraction of sp³-hybridized carbons (Fsp3) is 0.278. The molecule has 0 amide bonds. The second-order valence-corrected chi connectivity index (χ2v) is 12.1. The fourth-order valence-corrected chi connectivity index (χ4v) is 6.36. The van der Waals surface area contributed by atoms with Gasteiger partial charge in [0.05, 0.1) is 60.0 Å². The molecule has 0 saturated carbocycles. The van der Waals surface area contributed by atoms with Crippen molar-refractivity contribution in [1.29, 1.82) is 5.26 Å². The number of halogens is 5. The molecule has 0 bridgehead atoms. The summed E-state index contributed by atoms with van der Waals surface area (Å²) >= 11 is 6.85. The lowest BCUT2D eigenvalue weighted by Gasteiger charge is -2.27. The van der Waals surface area contributed by atoms with Crippen LogP contribution < -0.4 is 24.0 Å². The number of nitrogens with zero attached hydrogens (tertiary/aromatic N) is 6. The van der Waals surface area contributed by atoms with E-state index in [2.05, 4.69) is 21.0 Å².